The SMILES string of the molecule is C=CCCCOC(=O)[C@@H]1[C@@H]2CCC3(O2)C(C(=O)N(CC=C)c2ccc(OC)cc2)N([C@@H](CO)Cc2ccccc2)C(=O)[C@H]13. The second-order valence-corrected chi connectivity index (χ2v) is 11.4. The number of anilines is 1. The topological polar surface area (TPSA) is 106 Å². The van der Waals surface area contributed by atoms with Crippen LogP contribution in [0, 0.1) is 11.8 Å². The highest BCUT2D eigenvalue weighted by atomic mass is 16.6. The van der Waals surface area contributed by atoms with E-state index in [0.717, 1.165) is 5.56 Å². The van der Waals surface area contributed by atoms with Gasteiger partial charge in [-0.1, -0.05) is 42.5 Å². The van der Waals surface area contributed by atoms with Gasteiger partial charge < -0.3 is 29.1 Å². The molecule has 0 saturated carbocycles. The number of nitrogens with zero attached hydrogens (tertiary/aromatic N) is 2. The maximum absolute atomic E-state index is 14.7. The predicted molar refractivity (Wildman–Crippen MR) is 161 cm³/mol. The van der Waals surface area contributed by atoms with Gasteiger partial charge in [-0.25, -0.2) is 0 Å². The number of ether oxygens (including phenoxy) is 3. The number of carbonyl (C=O) groups is 3. The Hall–Kier alpha value is -3.95. The number of hydrogen-bond donors (Lipinski definition) is 1. The lowest BCUT2D eigenvalue weighted by Gasteiger charge is -2.39. The number of methoxy groups -OCH3 is 1. The molecule has 3 saturated heterocycles. The van der Waals surface area contributed by atoms with Crippen LogP contribution in [0.4, 0.5) is 5.69 Å². The van der Waals surface area contributed by atoms with E-state index in [0.29, 0.717) is 43.5 Å². The van der Waals surface area contributed by atoms with Gasteiger partial charge in [-0.2, -0.15) is 0 Å². The van der Waals surface area contributed by atoms with Crippen LogP contribution in [-0.2, 0) is 30.3 Å². The first-order valence-corrected chi connectivity index (χ1v) is 14.9. The fraction of sp³-hybridized carbons (Fsp3) is 0.441. The number of carbonyl (C=O) groups excluding carboxylic acids is 3. The van der Waals surface area contributed by atoms with Crippen molar-refractivity contribution in [2.24, 2.45) is 11.8 Å². The molecule has 3 heterocycles. The van der Waals surface area contributed by atoms with Crippen LogP contribution in [0.1, 0.15) is 31.2 Å². The van der Waals surface area contributed by atoms with Gasteiger partial charge in [-0.05, 0) is 61.9 Å². The number of hydrogen-bond acceptors (Lipinski definition) is 7. The average Bonchev–Trinajstić information content (AvgIpc) is 3.68. The summed E-state index contributed by atoms with van der Waals surface area (Å²) in [4.78, 5) is 45.7. The summed E-state index contributed by atoms with van der Waals surface area (Å²) < 4.78 is 17.5. The van der Waals surface area contributed by atoms with Crippen molar-refractivity contribution in [2.75, 3.05) is 31.8 Å². The van der Waals surface area contributed by atoms with E-state index in [1.807, 2.05) is 30.3 Å². The zero-order valence-corrected chi connectivity index (χ0v) is 24.6. The first-order valence-electron chi connectivity index (χ1n) is 14.9. The molecule has 0 aromatic heterocycles. The van der Waals surface area contributed by atoms with E-state index >= 15 is 0 Å². The van der Waals surface area contributed by atoms with E-state index in [-0.39, 0.29) is 31.6 Å². The summed E-state index contributed by atoms with van der Waals surface area (Å²) in [5, 5.41) is 10.7. The number of esters is 1. The monoisotopic (exact) mass is 588 g/mol. The van der Waals surface area contributed by atoms with Crippen molar-refractivity contribution < 1.29 is 33.7 Å². The smallest absolute Gasteiger partial charge is 0.312 e. The summed E-state index contributed by atoms with van der Waals surface area (Å²) in [6.07, 6.45) is 5.51. The third-order valence-corrected chi connectivity index (χ3v) is 8.92. The molecule has 1 N–H and O–H groups in total. The van der Waals surface area contributed by atoms with Crippen molar-refractivity contribution in [2.45, 2.75) is 55.9 Å². The van der Waals surface area contributed by atoms with Crippen LogP contribution in [0.3, 0.4) is 0 Å². The van der Waals surface area contributed by atoms with E-state index in [1.165, 1.54) is 4.90 Å². The van der Waals surface area contributed by atoms with Crippen LogP contribution in [0.15, 0.2) is 79.9 Å². The fourth-order valence-electron chi connectivity index (χ4n) is 7.03. The minimum absolute atomic E-state index is 0.186. The van der Waals surface area contributed by atoms with Crippen molar-refractivity contribution in [1.29, 1.82) is 0 Å². The summed E-state index contributed by atoms with van der Waals surface area (Å²) >= 11 is 0. The molecular formula is C34H40N2O7. The summed E-state index contributed by atoms with van der Waals surface area (Å²) in [7, 11) is 1.57. The summed E-state index contributed by atoms with van der Waals surface area (Å²) in [5.41, 5.74) is 0.295. The Bertz CT molecular complexity index is 1330. The lowest BCUT2D eigenvalue weighted by molar-refractivity contribution is -0.155. The molecule has 3 fully saturated rings. The number of unbranched alkanes of at least 4 members (excludes halogenated alkanes) is 1. The maximum atomic E-state index is 14.7. The molecule has 228 valence electrons. The number of rotatable bonds is 14. The van der Waals surface area contributed by atoms with Crippen molar-refractivity contribution in [3.63, 3.8) is 0 Å². The zero-order chi connectivity index (χ0) is 30.6. The molecule has 3 aliphatic heterocycles. The molecule has 43 heavy (non-hydrogen) atoms. The van der Waals surface area contributed by atoms with Gasteiger partial charge in [0.25, 0.3) is 5.91 Å². The minimum atomic E-state index is -1.22. The molecule has 2 amide bonds. The average molecular weight is 589 g/mol. The van der Waals surface area contributed by atoms with Gasteiger partial charge in [-0.15, -0.1) is 13.2 Å². The lowest BCUT2D eigenvalue weighted by Crippen LogP contribution is -2.59. The first-order chi connectivity index (χ1) is 20.9. The summed E-state index contributed by atoms with van der Waals surface area (Å²) in [5.74, 6) is -2.27. The first kappa shape index (κ1) is 30.5. The van der Waals surface area contributed by atoms with E-state index in [2.05, 4.69) is 13.2 Å². The van der Waals surface area contributed by atoms with Gasteiger partial charge in [-0.3, -0.25) is 14.4 Å². The van der Waals surface area contributed by atoms with Gasteiger partial charge in [0, 0.05) is 12.2 Å². The molecule has 2 aromatic rings. The van der Waals surface area contributed by atoms with Crippen LogP contribution in [0.5, 0.6) is 5.75 Å². The Morgan fingerprint density at radius 2 is 1.91 bits per heavy atom. The normalized spacial score (nSPS) is 26.1. The molecule has 0 radical (unpaired) electrons. The highest BCUT2D eigenvalue weighted by Crippen LogP contribution is 2.59. The van der Waals surface area contributed by atoms with Crippen LogP contribution in [0.25, 0.3) is 0 Å². The number of benzene rings is 2. The molecule has 9 heteroatoms. The van der Waals surface area contributed by atoms with Crippen molar-refractivity contribution in [1.82, 2.24) is 4.90 Å². The van der Waals surface area contributed by atoms with Crippen molar-refractivity contribution >= 4 is 23.5 Å². The molecule has 3 aliphatic rings. The molecule has 2 unspecified atom stereocenters. The standard InChI is InChI=1S/C34H40N2O7/c1-4-6-10-20-42-33(40)28-27-17-18-34(43-27)29(28)31(38)36(25(22-37)21-23-11-8-7-9-12-23)30(34)32(39)35(19-5-2)24-13-15-26(41-3)16-14-24/h4-5,7-9,11-16,25,27-30,37H,1-2,6,10,17-22H2,3H3/t25-,27+,28-,29+,30?,34?/m1/s1. The Labute approximate surface area is 252 Å². The Morgan fingerprint density at radius 3 is 2.56 bits per heavy atom. The third-order valence-electron chi connectivity index (χ3n) is 8.92. The van der Waals surface area contributed by atoms with Crippen LogP contribution in [-0.4, -0.2) is 78.4 Å². The number of aliphatic hydroxyl groups excluding tert-OH is 1. The predicted octanol–water partition coefficient (Wildman–Crippen LogP) is 3.70. The number of fused-ring (bicyclic) bond motifs is 1. The molecule has 1 spiro atoms. The number of likely N-dealkylation sites (tertiary alicyclic amines) is 1. The Morgan fingerprint density at radius 1 is 1.16 bits per heavy atom. The number of amides is 2. The second-order valence-electron chi connectivity index (χ2n) is 11.4. The van der Waals surface area contributed by atoms with Gasteiger partial charge in [0.2, 0.25) is 5.91 Å². The summed E-state index contributed by atoms with van der Waals surface area (Å²) in [6, 6.07) is 14.8. The van der Waals surface area contributed by atoms with E-state index < -0.39 is 41.6 Å². The molecule has 0 aliphatic carbocycles. The molecule has 9 nitrogen and oxygen atoms in total. The minimum Gasteiger partial charge on any atom is -0.497 e. The molecular weight excluding hydrogens is 548 g/mol. The fourth-order valence-corrected chi connectivity index (χ4v) is 7.03. The number of allylic oxidation sites excluding steroid dienone is 1. The van der Waals surface area contributed by atoms with Gasteiger partial charge in [0.1, 0.15) is 17.4 Å². The van der Waals surface area contributed by atoms with Gasteiger partial charge >= 0.3 is 5.97 Å². The highest BCUT2D eigenvalue weighted by Gasteiger charge is 2.75. The molecule has 2 bridgehead atoms. The zero-order valence-electron chi connectivity index (χ0n) is 24.6. The Kier molecular flexibility index (Phi) is 9.32. The highest BCUT2D eigenvalue weighted by molar-refractivity contribution is 6.04. The summed E-state index contributed by atoms with van der Waals surface area (Å²) in [6.45, 7) is 7.60. The number of aliphatic hydroxyl groups is 1. The largest absolute Gasteiger partial charge is 0.497 e. The molecule has 2 aromatic carbocycles. The quantitative estimate of drug-likeness (QED) is 0.204. The van der Waals surface area contributed by atoms with E-state index in [4.69, 9.17) is 14.2 Å². The van der Waals surface area contributed by atoms with Gasteiger partial charge in [0.05, 0.1) is 44.3 Å². The molecule has 6 atom stereocenters. The Balaban J connectivity index is 1.54. The van der Waals surface area contributed by atoms with Crippen molar-refractivity contribution in [3.8, 4) is 5.75 Å². The van der Waals surface area contributed by atoms with Crippen molar-refractivity contribution in [3.05, 3.63) is 85.5 Å². The van der Waals surface area contributed by atoms with Crippen LogP contribution in [0.2, 0.25) is 0 Å². The lowest BCUT2D eigenvalue weighted by atomic mass is 9.70. The van der Waals surface area contributed by atoms with Crippen LogP contribution < -0.4 is 9.64 Å². The van der Waals surface area contributed by atoms with Crippen LogP contribution >= 0.6 is 0 Å². The molecule has 5 rings (SSSR count). The third kappa shape index (κ3) is 5.59. The van der Waals surface area contributed by atoms with Gasteiger partial charge in [0.15, 0.2) is 0 Å². The maximum Gasteiger partial charge on any atom is 0.312 e. The van der Waals surface area contributed by atoms with E-state index in [1.54, 1.807) is 48.4 Å². The van der Waals surface area contributed by atoms with E-state index in [9.17, 15) is 19.5 Å². The second kappa shape index (κ2) is 13.1.